The van der Waals surface area contributed by atoms with Gasteiger partial charge in [-0.05, 0) is 30.0 Å². The Morgan fingerprint density at radius 1 is 0.897 bits per heavy atom. The van der Waals surface area contributed by atoms with Crippen molar-refractivity contribution in [2.24, 2.45) is 0 Å². The van der Waals surface area contributed by atoms with Crippen molar-refractivity contribution in [3.05, 3.63) is 70.8 Å². The average molecular weight is 391 g/mol. The Kier molecular flexibility index (Phi) is 5.34. The van der Waals surface area contributed by atoms with Crippen LogP contribution in [0.2, 0.25) is 0 Å². The van der Waals surface area contributed by atoms with Crippen molar-refractivity contribution in [3.8, 4) is 0 Å². The topological polar surface area (TPSA) is 60.9 Å². The second kappa shape index (κ2) is 8.07. The van der Waals surface area contributed by atoms with Gasteiger partial charge in [-0.2, -0.15) is 0 Å². The summed E-state index contributed by atoms with van der Waals surface area (Å²) in [5.74, 6) is -1.23. The Morgan fingerprint density at radius 3 is 2.41 bits per heavy atom. The van der Waals surface area contributed by atoms with E-state index in [1.807, 2.05) is 49.4 Å². The summed E-state index contributed by atoms with van der Waals surface area (Å²) in [6.45, 7) is 4.40. The Balaban J connectivity index is 1.35. The number of amides is 3. The van der Waals surface area contributed by atoms with Crippen LogP contribution in [-0.2, 0) is 33.9 Å². The van der Waals surface area contributed by atoms with Gasteiger partial charge in [0.25, 0.3) is 0 Å². The van der Waals surface area contributed by atoms with Crippen molar-refractivity contribution in [1.82, 2.24) is 14.7 Å². The molecule has 6 heteroatoms. The Bertz CT molecular complexity index is 956. The first kappa shape index (κ1) is 19.2. The van der Waals surface area contributed by atoms with Gasteiger partial charge in [-0.1, -0.05) is 54.1 Å². The summed E-state index contributed by atoms with van der Waals surface area (Å²) in [5, 5.41) is 0. The van der Waals surface area contributed by atoms with E-state index in [1.54, 1.807) is 9.80 Å². The van der Waals surface area contributed by atoms with Crippen molar-refractivity contribution in [1.29, 1.82) is 0 Å². The fraction of sp³-hybridized carbons (Fsp3) is 0.348. The SMILES string of the molecule is Cc1cccc(CN2CCN(CC(=O)N3CCc4ccccc4C3)C(=O)C2=O)c1. The molecule has 3 amide bonds. The fourth-order valence-electron chi connectivity index (χ4n) is 4.02. The van der Waals surface area contributed by atoms with Crippen LogP contribution in [0, 0.1) is 6.92 Å². The van der Waals surface area contributed by atoms with Gasteiger partial charge in [-0.3, -0.25) is 14.4 Å². The molecule has 2 aliphatic rings. The maximum absolute atomic E-state index is 12.7. The van der Waals surface area contributed by atoms with E-state index in [2.05, 4.69) is 6.07 Å². The Morgan fingerprint density at radius 2 is 1.62 bits per heavy atom. The molecule has 0 N–H and O–H groups in total. The van der Waals surface area contributed by atoms with E-state index in [1.165, 1.54) is 10.5 Å². The first-order valence-electron chi connectivity index (χ1n) is 9.99. The van der Waals surface area contributed by atoms with E-state index in [9.17, 15) is 14.4 Å². The zero-order valence-electron chi connectivity index (χ0n) is 16.6. The number of hydrogen-bond acceptors (Lipinski definition) is 3. The predicted octanol–water partition coefficient (Wildman–Crippen LogP) is 1.75. The molecule has 2 heterocycles. The number of carbonyl (C=O) groups is 3. The number of fused-ring (bicyclic) bond motifs is 1. The number of carbonyl (C=O) groups excluding carboxylic acids is 3. The number of benzene rings is 2. The molecular formula is C23H25N3O3. The molecule has 29 heavy (non-hydrogen) atoms. The van der Waals surface area contributed by atoms with Gasteiger partial charge in [0.15, 0.2) is 0 Å². The zero-order chi connectivity index (χ0) is 20.4. The van der Waals surface area contributed by atoms with Gasteiger partial charge in [-0.25, -0.2) is 0 Å². The van der Waals surface area contributed by atoms with E-state index in [0.717, 1.165) is 23.1 Å². The van der Waals surface area contributed by atoms with Gasteiger partial charge in [0.05, 0.1) is 0 Å². The van der Waals surface area contributed by atoms with Gasteiger partial charge in [-0.15, -0.1) is 0 Å². The van der Waals surface area contributed by atoms with Crippen molar-refractivity contribution in [2.75, 3.05) is 26.2 Å². The van der Waals surface area contributed by atoms with E-state index in [4.69, 9.17) is 0 Å². The lowest BCUT2D eigenvalue weighted by molar-refractivity contribution is -0.158. The summed E-state index contributed by atoms with van der Waals surface area (Å²) >= 11 is 0. The Hall–Kier alpha value is -3.15. The molecule has 0 spiro atoms. The lowest BCUT2D eigenvalue weighted by Crippen LogP contribution is -2.56. The second-order valence-corrected chi connectivity index (χ2v) is 7.78. The molecule has 0 atom stereocenters. The summed E-state index contributed by atoms with van der Waals surface area (Å²) in [6, 6.07) is 16.0. The molecule has 0 radical (unpaired) electrons. The summed E-state index contributed by atoms with van der Waals surface area (Å²) in [4.78, 5) is 42.6. The van der Waals surface area contributed by atoms with Gasteiger partial charge in [0.1, 0.15) is 6.54 Å². The molecule has 2 aliphatic heterocycles. The molecule has 0 aromatic heterocycles. The minimum Gasteiger partial charge on any atom is -0.336 e. The zero-order valence-corrected chi connectivity index (χ0v) is 16.6. The van der Waals surface area contributed by atoms with Crippen LogP contribution < -0.4 is 0 Å². The molecule has 150 valence electrons. The molecule has 6 nitrogen and oxygen atoms in total. The summed E-state index contributed by atoms with van der Waals surface area (Å²) in [5.41, 5.74) is 4.54. The first-order chi connectivity index (χ1) is 14.0. The average Bonchev–Trinajstić information content (AvgIpc) is 2.73. The number of aryl methyl sites for hydroxylation is 1. The molecule has 4 rings (SSSR count). The Labute approximate surface area is 170 Å². The summed E-state index contributed by atoms with van der Waals surface area (Å²) in [7, 11) is 0. The minimum atomic E-state index is -0.588. The molecular weight excluding hydrogens is 366 g/mol. The van der Waals surface area contributed by atoms with E-state index in [0.29, 0.717) is 32.7 Å². The van der Waals surface area contributed by atoms with Crippen LogP contribution in [0.5, 0.6) is 0 Å². The predicted molar refractivity (Wildman–Crippen MR) is 109 cm³/mol. The van der Waals surface area contributed by atoms with Gasteiger partial charge >= 0.3 is 11.8 Å². The highest BCUT2D eigenvalue weighted by Gasteiger charge is 2.34. The van der Waals surface area contributed by atoms with Crippen LogP contribution in [0.1, 0.15) is 22.3 Å². The van der Waals surface area contributed by atoms with Crippen molar-refractivity contribution < 1.29 is 14.4 Å². The molecule has 0 aliphatic carbocycles. The first-order valence-corrected chi connectivity index (χ1v) is 9.99. The smallest absolute Gasteiger partial charge is 0.312 e. The third kappa shape index (κ3) is 4.16. The van der Waals surface area contributed by atoms with E-state index >= 15 is 0 Å². The number of piperazine rings is 1. The van der Waals surface area contributed by atoms with E-state index in [-0.39, 0.29) is 12.5 Å². The van der Waals surface area contributed by atoms with Gasteiger partial charge in [0, 0.05) is 32.7 Å². The molecule has 0 saturated carbocycles. The van der Waals surface area contributed by atoms with Crippen molar-refractivity contribution >= 4 is 17.7 Å². The fourth-order valence-corrected chi connectivity index (χ4v) is 4.02. The molecule has 2 aromatic carbocycles. The van der Waals surface area contributed by atoms with E-state index < -0.39 is 11.8 Å². The molecule has 0 bridgehead atoms. The standard InChI is InChI=1S/C23H25N3O3/c1-17-5-4-6-18(13-17)14-25-11-12-26(23(29)22(25)28)16-21(27)24-10-9-19-7-2-3-8-20(19)15-24/h2-8,13H,9-12,14-16H2,1H3. The van der Waals surface area contributed by atoms with Crippen LogP contribution in [-0.4, -0.2) is 58.6 Å². The van der Waals surface area contributed by atoms with Gasteiger partial charge < -0.3 is 14.7 Å². The maximum atomic E-state index is 12.7. The maximum Gasteiger partial charge on any atom is 0.312 e. The highest BCUT2D eigenvalue weighted by molar-refractivity contribution is 6.35. The largest absolute Gasteiger partial charge is 0.336 e. The molecule has 2 aromatic rings. The minimum absolute atomic E-state index is 0.0367. The van der Waals surface area contributed by atoms with Crippen LogP contribution in [0.3, 0.4) is 0 Å². The van der Waals surface area contributed by atoms with Crippen LogP contribution >= 0.6 is 0 Å². The van der Waals surface area contributed by atoms with Crippen LogP contribution in [0.15, 0.2) is 48.5 Å². The second-order valence-electron chi connectivity index (χ2n) is 7.78. The monoisotopic (exact) mass is 391 g/mol. The quantitative estimate of drug-likeness (QED) is 0.746. The third-order valence-corrected chi connectivity index (χ3v) is 5.66. The molecule has 0 unspecified atom stereocenters. The summed E-state index contributed by atoms with van der Waals surface area (Å²) < 4.78 is 0. The number of rotatable bonds is 4. The van der Waals surface area contributed by atoms with Crippen molar-refractivity contribution in [2.45, 2.75) is 26.4 Å². The molecule has 1 fully saturated rings. The summed E-state index contributed by atoms with van der Waals surface area (Å²) in [6.07, 6.45) is 0.819. The lowest BCUT2D eigenvalue weighted by Gasteiger charge is -2.35. The lowest BCUT2D eigenvalue weighted by atomic mass is 10.00. The number of hydrogen-bond donors (Lipinski definition) is 0. The van der Waals surface area contributed by atoms with Crippen LogP contribution in [0.4, 0.5) is 0 Å². The van der Waals surface area contributed by atoms with Crippen LogP contribution in [0.25, 0.3) is 0 Å². The highest BCUT2D eigenvalue weighted by atomic mass is 16.2. The van der Waals surface area contributed by atoms with Crippen molar-refractivity contribution in [3.63, 3.8) is 0 Å². The highest BCUT2D eigenvalue weighted by Crippen LogP contribution is 2.19. The number of nitrogens with zero attached hydrogens (tertiary/aromatic N) is 3. The third-order valence-electron chi connectivity index (χ3n) is 5.66. The molecule has 1 saturated heterocycles. The van der Waals surface area contributed by atoms with Gasteiger partial charge in [0.2, 0.25) is 5.91 Å². The normalized spacial score (nSPS) is 16.8.